The van der Waals surface area contributed by atoms with Gasteiger partial charge in [0.1, 0.15) is 17.9 Å². The number of carboxylic acids is 1. The Kier molecular flexibility index (Phi) is 5.59. The molecule has 1 atom stereocenters. The van der Waals surface area contributed by atoms with E-state index in [1.165, 1.54) is 19.4 Å². The van der Waals surface area contributed by atoms with Crippen LogP contribution in [-0.2, 0) is 0 Å². The molecule has 5 nitrogen and oxygen atoms in total. The highest BCUT2D eigenvalue weighted by molar-refractivity contribution is 5.90. The number of carbonyl (C=O) groups is 1. The summed E-state index contributed by atoms with van der Waals surface area (Å²) in [5, 5.41) is 9.10. The van der Waals surface area contributed by atoms with Crippen molar-refractivity contribution < 1.29 is 14.6 Å². The number of benzene rings is 1. The van der Waals surface area contributed by atoms with E-state index < -0.39 is 5.97 Å². The van der Waals surface area contributed by atoms with Gasteiger partial charge in [-0.1, -0.05) is 12.1 Å². The fraction of sp³-hybridized carbons (Fsp3) is 0.562. The van der Waals surface area contributed by atoms with Crippen molar-refractivity contribution in [2.45, 2.75) is 18.9 Å². The molecule has 0 radical (unpaired) electrons. The Balaban J connectivity index is 1.77. The van der Waals surface area contributed by atoms with Gasteiger partial charge in [0, 0.05) is 19.1 Å². The minimum atomic E-state index is -0.952. The summed E-state index contributed by atoms with van der Waals surface area (Å²) in [4.78, 5) is 15.7. The standard InChI is InChI=1S/C16H24N2O3/c1-17(12-13-6-5-9-18(13)2)10-11-21-15-8-4-3-7-14(15)16(19)20/h3-4,7-8,13H,5-6,9-12H2,1-2H3,(H,19,20). The fourth-order valence-electron chi connectivity index (χ4n) is 2.74. The predicted octanol–water partition coefficient (Wildman–Crippen LogP) is 1.79. The number of hydrogen-bond acceptors (Lipinski definition) is 4. The first-order valence-electron chi connectivity index (χ1n) is 7.42. The van der Waals surface area contributed by atoms with Crippen LogP contribution >= 0.6 is 0 Å². The molecule has 116 valence electrons. The number of rotatable bonds is 7. The third kappa shape index (κ3) is 4.44. The van der Waals surface area contributed by atoms with E-state index in [4.69, 9.17) is 9.84 Å². The molecule has 0 aliphatic carbocycles. The normalized spacial score (nSPS) is 19.1. The maximum absolute atomic E-state index is 11.1. The van der Waals surface area contributed by atoms with E-state index in [0.29, 0.717) is 18.4 Å². The second kappa shape index (κ2) is 7.43. The van der Waals surface area contributed by atoms with Crippen LogP contribution in [-0.4, -0.2) is 67.3 Å². The predicted molar refractivity (Wildman–Crippen MR) is 82.0 cm³/mol. The van der Waals surface area contributed by atoms with Crippen LogP contribution in [0.15, 0.2) is 24.3 Å². The second-order valence-corrected chi connectivity index (χ2v) is 5.69. The van der Waals surface area contributed by atoms with Gasteiger partial charge < -0.3 is 19.6 Å². The average Bonchev–Trinajstić information content (AvgIpc) is 2.84. The molecule has 1 aliphatic rings. The molecule has 1 heterocycles. The zero-order chi connectivity index (χ0) is 15.2. The van der Waals surface area contributed by atoms with Crippen LogP contribution in [0.4, 0.5) is 0 Å². The van der Waals surface area contributed by atoms with E-state index in [-0.39, 0.29) is 5.56 Å². The number of hydrogen-bond donors (Lipinski definition) is 1. The smallest absolute Gasteiger partial charge is 0.339 e. The molecule has 5 heteroatoms. The van der Waals surface area contributed by atoms with Crippen LogP contribution in [0.3, 0.4) is 0 Å². The first-order chi connectivity index (χ1) is 10.1. The lowest BCUT2D eigenvalue weighted by molar-refractivity contribution is 0.0691. The summed E-state index contributed by atoms with van der Waals surface area (Å²) in [7, 11) is 4.25. The van der Waals surface area contributed by atoms with Gasteiger partial charge in [-0.15, -0.1) is 0 Å². The summed E-state index contributed by atoms with van der Waals surface area (Å²) in [5.41, 5.74) is 0.218. The van der Waals surface area contributed by atoms with Gasteiger partial charge in [-0.3, -0.25) is 0 Å². The SMILES string of the molecule is CN(CCOc1ccccc1C(=O)O)CC1CCCN1C. The third-order valence-electron chi connectivity index (χ3n) is 4.04. The fourth-order valence-corrected chi connectivity index (χ4v) is 2.74. The van der Waals surface area contributed by atoms with Crippen LogP contribution in [0, 0.1) is 0 Å². The summed E-state index contributed by atoms with van der Waals surface area (Å²) in [6, 6.07) is 7.39. The topological polar surface area (TPSA) is 53.0 Å². The van der Waals surface area contributed by atoms with Crippen LogP contribution < -0.4 is 4.74 Å². The zero-order valence-electron chi connectivity index (χ0n) is 12.8. The summed E-state index contributed by atoms with van der Waals surface area (Å²) in [6.45, 7) is 3.50. The van der Waals surface area contributed by atoms with Crippen LogP contribution in [0.25, 0.3) is 0 Å². The first-order valence-corrected chi connectivity index (χ1v) is 7.42. The molecule has 2 rings (SSSR count). The number of likely N-dealkylation sites (N-methyl/N-ethyl adjacent to an activating group) is 2. The Morgan fingerprint density at radius 2 is 2.24 bits per heavy atom. The number of aromatic carboxylic acids is 1. The van der Waals surface area contributed by atoms with Crippen molar-refractivity contribution in [3.05, 3.63) is 29.8 Å². The van der Waals surface area contributed by atoms with Crippen molar-refractivity contribution in [3.63, 3.8) is 0 Å². The van der Waals surface area contributed by atoms with Gasteiger partial charge in [-0.25, -0.2) is 4.79 Å². The molecule has 0 bridgehead atoms. The van der Waals surface area contributed by atoms with Crippen LogP contribution in [0.2, 0.25) is 0 Å². The monoisotopic (exact) mass is 292 g/mol. The molecule has 21 heavy (non-hydrogen) atoms. The summed E-state index contributed by atoms with van der Waals surface area (Å²) >= 11 is 0. The third-order valence-corrected chi connectivity index (χ3v) is 4.04. The minimum absolute atomic E-state index is 0.218. The van der Waals surface area contributed by atoms with Gasteiger partial charge in [0.25, 0.3) is 0 Å². The Labute approximate surface area is 126 Å². The minimum Gasteiger partial charge on any atom is -0.491 e. The Hall–Kier alpha value is -1.59. The van der Waals surface area contributed by atoms with Gasteiger partial charge in [-0.05, 0) is 45.6 Å². The average molecular weight is 292 g/mol. The van der Waals surface area contributed by atoms with E-state index >= 15 is 0 Å². The van der Waals surface area contributed by atoms with Crippen molar-refractivity contribution in [2.75, 3.05) is 40.3 Å². The van der Waals surface area contributed by atoms with Crippen LogP contribution in [0.1, 0.15) is 23.2 Å². The van der Waals surface area contributed by atoms with E-state index in [1.807, 2.05) is 0 Å². The second-order valence-electron chi connectivity index (χ2n) is 5.69. The Morgan fingerprint density at radius 3 is 2.90 bits per heavy atom. The summed E-state index contributed by atoms with van der Waals surface area (Å²) < 4.78 is 5.62. The molecule has 0 amide bonds. The number of ether oxygens (including phenoxy) is 1. The van der Waals surface area contributed by atoms with Crippen LogP contribution in [0.5, 0.6) is 5.75 Å². The summed E-state index contributed by atoms with van der Waals surface area (Å²) in [6.07, 6.45) is 2.53. The van der Waals surface area contributed by atoms with Gasteiger partial charge in [-0.2, -0.15) is 0 Å². The Morgan fingerprint density at radius 1 is 1.48 bits per heavy atom. The highest BCUT2D eigenvalue weighted by atomic mass is 16.5. The van der Waals surface area contributed by atoms with Crippen molar-refractivity contribution >= 4 is 5.97 Å². The number of carboxylic acid groups (broad SMARTS) is 1. The maximum atomic E-state index is 11.1. The van der Waals surface area contributed by atoms with Gasteiger partial charge in [0.15, 0.2) is 0 Å². The summed E-state index contributed by atoms with van der Waals surface area (Å²) in [5.74, 6) is -0.511. The largest absolute Gasteiger partial charge is 0.491 e. The first kappa shape index (κ1) is 15.8. The molecule has 1 aromatic carbocycles. The molecular weight excluding hydrogens is 268 g/mol. The zero-order valence-corrected chi connectivity index (χ0v) is 12.8. The lowest BCUT2D eigenvalue weighted by Gasteiger charge is -2.25. The van der Waals surface area contributed by atoms with E-state index in [2.05, 4.69) is 23.9 Å². The molecule has 0 saturated carbocycles. The molecule has 1 aliphatic heterocycles. The van der Waals surface area contributed by atoms with Crippen molar-refractivity contribution in [3.8, 4) is 5.75 Å². The lowest BCUT2D eigenvalue weighted by Crippen LogP contribution is -2.38. The molecule has 1 N–H and O–H groups in total. The van der Waals surface area contributed by atoms with E-state index in [0.717, 1.165) is 13.1 Å². The highest BCUT2D eigenvalue weighted by Gasteiger charge is 2.21. The quantitative estimate of drug-likeness (QED) is 0.830. The molecule has 1 unspecified atom stereocenters. The Bertz CT molecular complexity index is 478. The van der Waals surface area contributed by atoms with Crippen molar-refractivity contribution in [1.29, 1.82) is 0 Å². The molecule has 1 fully saturated rings. The molecular formula is C16H24N2O3. The maximum Gasteiger partial charge on any atom is 0.339 e. The van der Waals surface area contributed by atoms with Gasteiger partial charge >= 0.3 is 5.97 Å². The number of likely N-dealkylation sites (tertiary alicyclic amines) is 1. The molecule has 0 aromatic heterocycles. The molecule has 1 aromatic rings. The van der Waals surface area contributed by atoms with Gasteiger partial charge in [0.2, 0.25) is 0 Å². The van der Waals surface area contributed by atoms with E-state index in [1.54, 1.807) is 24.3 Å². The van der Waals surface area contributed by atoms with Crippen molar-refractivity contribution in [1.82, 2.24) is 9.80 Å². The number of para-hydroxylation sites is 1. The number of nitrogens with zero attached hydrogens (tertiary/aromatic N) is 2. The van der Waals surface area contributed by atoms with E-state index in [9.17, 15) is 4.79 Å². The lowest BCUT2D eigenvalue weighted by atomic mass is 10.2. The molecule has 1 saturated heterocycles. The highest BCUT2D eigenvalue weighted by Crippen LogP contribution is 2.18. The van der Waals surface area contributed by atoms with Crippen molar-refractivity contribution in [2.24, 2.45) is 0 Å². The molecule has 0 spiro atoms. The van der Waals surface area contributed by atoms with Gasteiger partial charge in [0.05, 0.1) is 0 Å².